The van der Waals surface area contributed by atoms with E-state index < -0.39 is 0 Å². The van der Waals surface area contributed by atoms with Gasteiger partial charge in [-0.3, -0.25) is 4.79 Å². The van der Waals surface area contributed by atoms with E-state index in [1.54, 1.807) is 6.20 Å². The van der Waals surface area contributed by atoms with E-state index in [0.717, 1.165) is 33.8 Å². The van der Waals surface area contributed by atoms with Gasteiger partial charge in [0, 0.05) is 35.5 Å². The largest absolute Gasteiger partial charge is 0.348 e. The molecule has 4 rings (SSSR count). The van der Waals surface area contributed by atoms with E-state index >= 15 is 0 Å². The van der Waals surface area contributed by atoms with Crippen LogP contribution in [0.4, 0.5) is 5.82 Å². The van der Waals surface area contributed by atoms with E-state index in [0.29, 0.717) is 6.54 Å². The maximum Gasteiger partial charge on any atom is 0.250 e. The first-order valence-electron chi connectivity index (χ1n) is 9.86. The van der Waals surface area contributed by atoms with Crippen LogP contribution in [0.3, 0.4) is 0 Å². The summed E-state index contributed by atoms with van der Waals surface area (Å²) in [5.74, 6) is 0.597. The number of aryl methyl sites for hydroxylation is 2. The highest BCUT2D eigenvalue weighted by Crippen LogP contribution is 2.40. The zero-order valence-electron chi connectivity index (χ0n) is 17.0. The van der Waals surface area contributed by atoms with Gasteiger partial charge in [-0.15, -0.1) is 0 Å². The highest BCUT2D eigenvalue weighted by Gasteiger charge is 2.32. The van der Waals surface area contributed by atoms with Crippen molar-refractivity contribution < 1.29 is 4.79 Å². The molecule has 1 atom stereocenters. The van der Waals surface area contributed by atoms with E-state index in [-0.39, 0.29) is 11.8 Å². The third-order valence-electron chi connectivity index (χ3n) is 5.38. The molecule has 1 amide bonds. The Labute approximate surface area is 171 Å². The van der Waals surface area contributed by atoms with E-state index in [9.17, 15) is 4.79 Å². The summed E-state index contributed by atoms with van der Waals surface area (Å²) in [5.41, 5.74) is 7.16. The molecule has 0 aliphatic carbocycles. The lowest BCUT2D eigenvalue weighted by Crippen LogP contribution is -2.32. The Balaban J connectivity index is 1.68. The Hall–Kier alpha value is -3.40. The van der Waals surface area contributed by atoms with Gasteiger partial charge >= 0.3 is 0 Å². The minimum atomic E-state index is -0.154. The summed E-state index contributed by atoms with van der Waals surface area (Å²) >= 11 is 0. The van der Waals surface area contributed by atoms with Gasteiger partial charge in [-0.1, -0.05) is 65.7 Å². The molecular weight excluding hydrogens is 358 g/mol. The van der Waals surface area contributed by atoms with Crippen molar-refractivity contribution >= 4 is 11.7 Å². The summed E-state index contributed by atoms with van der Waals surface area (Å²) in [5, 5.41) is 6.42. The van der Waals surface area contributed by atoms with Gasteiger partial charge in [0.2, 0.25) is 5.91 Å². The fourth-order valence-corrected chi connectivity index (χ4v) is 3.76. The second kappa shape index (κ2) is 7.92. The number of rotatable bonds is 4. The molecule has 0 fully saturated rings. The second-order valence-electron chi connectivity index (χ2n) is 7.62. The van der Waals surface area contributed by atoms with Crippen molar-refractivity contribution in [1.29, 1.82) is 0 Å². The monoisotopic (exact) mass is 383 g/mol. The fraction of sp³-hybridized carbons (Fsp3) is 0.200. The van der Waals surface area contributed by atoms with Gasteiger partial charge in [0.05, 0.1) is 0 Å². The Kier molecular flexibility index (Phi) is 5.17. The maximum atomic E-state index is 13.3. The van der Waals surface area contributed by atoms with Crippen molar-refractivity contribution in [3.63, 3.8) is 0 Å². The van der Waals surface area contributed by atoms with Crippen molar-refractivity contribution in [3.8, 4) is 0 Å². The van der Waals surface area contributed by atoms with Crippen LogP contribution >= 0.6 is 0 Å². The number of benzene rings is 2. The van der Waals surface area contributed by atoms with Crippen molar-refractivity contribution in [3.05, 3.63) is 106 Å². The van der Waals surface area contributed by atoms with Crippen LogP contribution in [0.25, 0.3) is 0 Å². The minimum Gasteiger partial charge on any atom is -0.348 e. The van der Waals surface area contributed by atoms with Gasteiger partial charge in [0.15, 0.2) is 0 Å². The van der Waals surface area contributed by atoms with Crippen LogP contribution in [-0.4, -0.2) is 10.9 Å². The number of fused-ring (bicyclic) bond motifs is 1. The van der Waals surface area contributed by atoms with Gasteiger partial charge < -0.3 is 10.6 Å². The fourth-order valence-electron chi connectivity index (χ4n) is 3.76. The zero-order valence-corrected chi connectivity index (χ0v) is 17.0. The molecule has 0 bridgehead atoms. The smallest absolute Gasteiger partial charge is 0.250 e. The van der Waals surface area contributed by atoms with Crippen molar-refractivity contribution in [1.82, 2.24) is 10.3 Å². The minimum absolute atomic E-state index is 0.0596. The number of anilines is 1. The van der Waals surface area contributed by atoms with Crippen LogP contribution in [0.1, 0.15) is 40.7 Å². The highest BCUT2D eigenvalue weighted by atomic mass is 16.1. The third-order valence-corrected chi connectivity index (χ3v) is 5.38. The Bertz CT molecular complexity index is 1070. The second-order valence-corrected chi connectivity index (χ2v) is 7.62. The number of carbonyl (C=O) groups is 1. The molecule has 146 valence electrons. The molecule has 3 aromatic rings. The maximum absolute atomic E-state index is 13.3. The molecule has 2 N–H and O–H groups in total. The third kappa shape index (κ3) is 3.92. The highest BCUT2D eigenvalue weighted by molar-refractivity contribution is 5.98. The van der Waals surface area contributed by atoms with Gasteiger partial charge in [-0.2, -0.15) is 0 Å². The summed E-state index contributed by atoms with van der Waals surface area (Å²) in [6, 6.07) is 20.6. The SMILES string of the molecule is CC1=C(C(=O)NCc2ccc(C)cc2)C(c2ccc(C)cc2)c2cccnc2N1. The Morgan fingerprint density at radius 3 is 2.31 bits per heavy atom. The van der Waals surface area contributed by atoms with E-state index in [4.69, 9.17) is 0 Å². The Morgan fingerprint density at radius 2 is 1.62 bits per heavy atom. The Morgan fingerprint density at radius 1 is 0.966 bits per heavy atom. The lowest BCUT2D eigenvalue weighted by molar-refractivity contribution is -0.117. The number of nitrogens with zero attached hydrogens (tertiary/aromatic N) is 1. The lowest BCUT2D eigenvalue weighted by atomic mass is 9.81. The molecule has 0 saturated heterocycles. The van der Waals surface area contributed by atoms with Crippen LogP contribution in [0, 0.1) is 13.8 Å². The van der Waals surface area contributed by atoms with Gasteiger partial charge in [0.25, 0.3) is 0 Å². The predicted octanol–water partition coefficient (Wildman–Crippen LogP) is 4.85. The molecule has 1 aromatic heterocycles. The molecule has 4 nitrogen and oxygen atoms in total. The summed E-state index contributed by atoms with van der Waals surface area (Å²) < 4.78 is 0. The number of aromatic nitrogens is 1. The van der Waals surface area contributed by atoms with E-state index in [1.165, 1.54) is 11.1 Å². The van der Waals surface area contributed by atoms with Gasteiger partial charge in [-0.25, -0.2) is 4.98 Å². The molecule has 1 unspecified atom stereocenters. The molecular formula is C25H25N3O. The lowest BCUT2D eigenvalue weighted by Gasteiger charge is -2.30. The summed E-state index contributed by atoms with van der Waals surface area (Å²) in [4.78, 5) is 17.8. The molecule has 0 saturated carbocycles. The average molecular weight is 383 g/mol. The quantitative estimate of drug-likeness (QED) is 0.677. The molecule has 2 heterocycles. The number of carbonyl (C=O) groups excluding carboxylic acids is 1. The molecule has 2 aromatic carbocycles. The number of amides is 1. The van der Waals surface area contributed by atoms with Crippen LogP contribution in [0.2, 0.25) is 0 Å². The number of hydrogen-bond donors (Lipinski definition) is 2. The first-order chi connectivity index (χ1) is 14.0. The van der Waals surface area contributed by atoms with Crippen LogP contribution in [-0.2, 0) is 11.3 Å². The molecule has 1 aliphatic heterocycles. The molecule has 1 aliphatic rings. The van der Waals surface area contributed by atoms with Crippen LogP contribution in [0.5, 0.6) is 0 Å². The normalized spacial score (nSPS) is 15.5. The molecule has 29 heavy (non-hydrogen) atoms. The van der Waals surface area contributed by atoms with Crippen LogP contribution < -0.4 is 10.6 Å². The number of nitrogens with one attached hydrogen (secondary N) is 2. The molecule has 0 spiro atoms. The van der Waals surface area contributed by atoms with E-state index in [1.807, 2.05) is 31.2 Å². The molecule has 0 radical (unpaired) electrons. The summed E-state index contributed by atoms with van der Waals surface area (Å²) in [6.45, 7) is 6.57. The molecule has 4 heteroatoms. The first kappa shape index (κ1) is 18.9. The first-order valence-corrected chi connectivity index (χ1v) is 9.86. The van der Waals surface area contributed by atoms with Crippen molar-refractivity contribution in [2.24, 2.45) is 0 Å². The summed E-state index contributed by atoms with van der Waals surface area (Å²) in [6.07, 6.45) is 1.77. The van der Waals surface area contributed by atoms with Crippen LogP contribution in [0.15, 0.2) is 78.1 Å². The van der Waals surface area contributed by atoms with Crippen molar-refractivity contribution in [2.75, 3.05) is 5.32 Å². The topological polar surface area (TPSA) is 54.0 Å². The number of hydrogen-bond acceptors (Lipinski definition) is 3. The average Bonchev–Trinajstić information content (AvgIpc) is 2.73. The zero-order chi connectivity index (χ0) is 20.4. The standard InChI is InChI=1S/C25H25N3O/c1-16-6-10-19(11-7-16)15-27-25(29)22-18(3)28-24-21(5-4-14-26-24)23(22)20-12-8-17(2)9-13-20/h4-14,23H,15H2,1-3H3,(H,26,28)(H,27,29). The number of allylic oxidation sites excluding steroid dienone is 1. The van der Waals surface area contributed by atoms with Gasteiger partial charge in [-0.05, 0) is 38.0 Å². The number of pyridine rings is 1. The van der Waals surface area contributed by atoms with Crippen molar-refractivity contribution in [2.45, 2.75) is 33.2 Å². The van der Waals surface area contributed by atoms with E-state index in [2.05, 4.69) is 65.9 Å². The summed E-state index contributed by atoms with van der Waals surface area (Å²) in [7, 11) is 0. The van der Waals surface area contributed by atoms with Gasteiger partial charge in [0.1, 0.15) is 5.82 Å². The predicted molar refractivity (Wildman–Crippen MR) is 117 cm³/mol.